The fourth-order valence-electron chi connectivity index (χ4n) is 4.21. The minimum absolute atomic E-state index is 0.00147. The van der Waals surface area contributed by atoms with E-state index >= 15 is 0 Å². The molecule has 0 radical (unpaired) electrons. The molecule has 0 bridgehead atoms. The molecule has 7 heteroatoms. The van der Waals surface area contributed by atoms with E-state index < -0.39 is 0 Å². The Balaban J connectivity index is 0.000000486. The van der Waals surface area contributed by atoms with E-state index in [0.29, 0.717) is 18.8 Å². The van der Waals surface area contributed by atoms with Gasteiger partial charge < -0.3 is 20.0 Å². The largest absolute Gasteiger partial charge is 0.461 e. The molecule has 2 N–H and O–H groups in total. The van der Waals surface area contributed by atoms with Gasteiger partial charge in [-0.3, -0.25) is 9.59 Å². The first-order valence-electron chi connectivity index (χ1n) is 11.9. The van der Waals surface area contributed by atoms with Gasteiger partial charge in [-0.25, -0.2) is 4.98 Å². The van der Waals surface area contributed by atoms with Crippen molar-refractivity contribution in [1.29, 1.82) is 0 Å². The molecule has 0 aliphatic carbocycles. The third-order valence-corrected chi connectivity index (χ3v) is 6.14. The number of aryl methyl sites for hydroxylation is 2. The number of hydrogen-bond acceptors (Lipinski definition) is 5. The second kappa shape index (κ2) is 11.1. The number of aromatic nitrogens is 1. The van der Waals surface area contributed by atoms with Crippen molar-refractivity contribution >= 4 is 34.7 Å². The molecule has 1 aromatic carbocycles. The molecule has 3 aromatic rings. The zero-order chi connectivity index (χ0) is 23.9. The number of likely N-dealkylation sites (N-methyl/N-ethyl adjacent to an activating group) is 1. The average molecular weight is 461 g/mol. The first-order valence-corrected chi connectivity index (χ1v) is 11.9. The molecule has 0 atom stereocenters. The summed E-state index contributed by atoms with van der Waals surface area (Å²) in [4.78, 5) is 30.2. The van der Waals surface area contributed by atoms with Crippen LogP contribution >= 0.6 is 0 Å². The molecule has 1 saturated heterocycles. The normalized spacial score (nSPS) is 15.4. The van der Waals surface area contributed by atoms with Gasteiger partial charge in [-0.05, 0) is 75.0 Å². The van der Waals surface area contributed by atoms with E-state index in [-0.39, 0.29) is 11.8 Å². The Labute approximate surface area is 200 Å². The Bertz CT molecular complexity index is 1190. The highest BCUT2D eigenvalue weighted by atomic mass is 16.3. The van der Waals surface area contributed by atoms with Gasteiger partial charge in [-0.1, -0.05) is 18.2 Å². The summed E-state index contributed by atoms with van der Waals surface area (Å²) < 4.78 is 5.79. The van der Waals surface area contributed by atoms with E-state index in [1.54, 1.807) is 30.3 Å². The maximum absolute atomic E-state index is 12.6. The van der Waals surface area contributed by atoms with Gasteiger partial charge in [-0.2, -0.15) is 0 Å². The van der Waals surface area contributed by atoms with Crippen molar-refractivity contribution in [3.63, 3.8) is 0 Å². The second-order valence-corrected chi connectivity index (χ2v) is 8.80. The minimum atomic E-state index is -0.0991. The van der Waals surface area contributed by atoms with E-state index in [9.17, 15) is 9.59 Å². The average Bonchev–Trinajstić information content (AvgIpc) is 3.47. The van der Waals surface area contributed by atoms with E-state index in [4.69, 9.17) is 4.42 Å². The number of fused-ring (bicyclic) bond motifs is 2. The lowest BCUT2D eigenvalue weighted by atomic mass is 10.1. The van der Waals surface area contributed by atoms with Crippen molar-refractivity contribution in [3.05, 3.63) is 65.1 Å². The molecule has 0 unspecified atom stereocenters. The molecule has 0 saturated carbocycles. The summed E-state index contributed by atoms with van der Waals surface area (Å²) >= 11 is 0. The lowest BCUT2D eigenvalue weighted by molar-refractivity contribution is -0.125. The summed E-state index contributed by atoms with van der Waals surface area (Å²) in [6, 6.07) is 9.82. The number of carbonyl (C=O) groups excluding carboxylic acids is 2. The maximum Gasteiger partial charge on any atom is 0.246 e. The van der Waals surface area contributed by atoms with Crippen molar-refractivity contribution in [3.8, 4) is 0 Å². The summed E-state index contributed by atoms with van der Waals surface area (Å²) in [5.41, 5.74) is 3.69. The van der Waals surface area contributed by atoms with Crippen molar-refractivity contribution in [1.82, 2.24) is 15.2 Å². The summed E-state index contributed by atoms with van der Waals surface area (Å²) in [6.07, 6.45) is 9.86. The molecule has 178 valence electrons. The molecule has 2 aliphatic heterocycles. The highest BCUT2D eigenvalue weighted by molar-refractivity contribution is 5.93. The first kappa shape index (κ1) is 23.7. The zero-order valence-corrected chi connectivity index (χ0v) is 19.9. The van der Waals surface area contributed by atoms with E-state index in [1.807, 2.05) is 37.3 Å². The van der Waals surface area contributed by atoms with E-state index in [2.05, 4.69) is 15.6 Å². The van der Waals surface area contributed by atoms with E-state index in [0.717, 1.165) is 46.3 Å². The first-order chi connectivity index (χ1) is 16.5. The number of anilines is 1. The molecule has 1 fully saturated rings. The van der Waals surface area contributed by atoms with Gasteiger partial charge in [0.15, 0.2) is 0 Å². The number of carbonyl (C=O) groups is 2. The summed E-state index contributed by atoms with van der Waals surface area (Å²) in [5, 5.41) is 7.07. The van der Waals surface area contributed by atoms with Gasteiger partial charge in [0.2, 0.25) is 11.8 Å². The molecule has 7 nitrogen and oxygen atoms in total. The van der Waals surface area contributed by atoms with Crippen molar-refractivity contribution in [2.45, 2.75) is 45.6 Å². The van der Waals surface area contributed by atoms with Crippen LogP contribution in [0.5, 0.6) is 0 Å². The van der Waals surface area contributed by atoms with Gasteiger partial charge in [0.05, 0.1) is 0 Å². The van der Waals surface area contributed by atoms with Crippen LogP contribution in [-0.2, 0) is 22.6 Å². The van der Waals surface area contributed by atoms with Crippen LogP contribution in [0.2, 0.25) is 0 Å². The maximum atomic E-state index is 12.6. The third-order valence-electron chi connectivity index (χ3n) is 6.14. The van der Waals surface area contributed by atoms with Crippen LogP contribution in [0.3, 0.4) is 0 Å². The topological polar surface area (TPSA) is 87.5 Å². The summed E-state index contributed by atoms with van der Waals surface area (Å²) in [7, 11) is 1.78. The highest BCUT2D eigenvalue weighted by Crippen LogP contribution is 2.26. The van der Waals surface area contributed by atoms with Gasteiger partial charge in [-0.15, -0.1) is 0 Å². The molecule has 34 heavy (non-hydrogen) atoms. The van der Waals surface area contributed by atoms with Crippen LogP contribution in [0, 0.1) is 6.92 Å². The molecule has 2 aromatic heterocycles. The molecule has 5 rings (SSSR count). The molecule has 4 heterocycles. The predicted molar refractivity (Wildman–Crippen MR) is 134 cm³/mol. The second-order valence-electron chi connectivity index (χ2n) is 8.80. The minimum Gasteiger partial charge on any atom is -0.461 e. The van der Waals surface area contributed by atoms with Crippen LogP contribution in [0.4, 0.5) is 5.82 Å². The lowest BCUT2D eigenvalue weighted by Gasteiger charge is -2.15. The van der Waals surface area contributed by atoms with Gasteiger partial charge in [0.1, 0.15) is 17.2 Å². The molecule has 2 aliphatic rings. The Kier molecular flexibility index (Phi) is 7.75. The Morgan fingerprint density at radius 1 is 1.18 bits per heavy atom. The Morgan fingerprint density at radius 2 is 1.97 bits per heavy atom. The standard InChI is InChI=1S/C23H23N3O3.C4H9N/c1-15-19(18-7-3-4-8-20(18)29-15)14-26(2)22(28)11-10-16-12-17-6-5-9-21(27)25-23(17)24-13-16;1-2-4-5-3-1/h3-4,7-8,10-13H,5-6,9,14H2,1-2H3,(H,24,25,27);5H,1-4H2/b11-10+;. The number of nitrogens with zero attached hydrogens (tertiary/aromatic N) is 2. The summed E-state index contributed by atoms with van der Waals surface area (Å²) in [5.74, 6) is 1.35. The molecular weight excluding hydrogens is 428 g/mol. The van der Waals surface area contributed by atoms with E-state index in [1.165, 1.54) is 25.9 Å². The smallest absolute Gasteiger partial charge is 0.246 e. The number of benzene rings is 1. The van der Waals surface area contributed by atoms with Crippen molar-refractivity contribution < 1.29 is 14.0 Å². The van der Waals surface area contributed by atoms with Crippen LogP contribution in [-0.4, -0.2) is 41.8 Å². The van der Waals surface area contributed by atoms with Crippen LogP contribution in [0.1, 0.15) is 48.1 Å². The molecule has 2 amide bonds. The zero-order valence-electron chi connectivity index (χ0n) is 19.9. The quantitative estimate of drug-likeness (QED) is 0.562. The van der Waals surface area contributed by atoms with Crippen LogP contribution in [0.25, 0.3) is 17.0 Å². The SMILES string of the molecule is C1CCNC1.Cc1oc2ccccc2c1CN(C)C(=O)/C=C/c1cnc2c(c1)CCCC(=O)N2. The van der Waals surface area contributed by atoms with Crippen molar-refractivity contribution in [2.24, 2.45) is 0 Å². The fourth-order valence-corrected chi connectivity index (χ4v) is 4.21. The molecule has 0 spiro atoms. The number of amides is 2. The highest BCUT2D eigenvalue weighted by Gasteiger charge is 2.16. The number of rotatable bonds is 4. The fraction of sp³-hybridized carbons (Fsp3) is 0.370. The van der Waals surface area contributed by atoms with Gasteiger partial charge >= 0.3 is 0 Å². The van der Waals surface area contributed by atoms with Crippen LogP contribution in [0.15, 0.2) is 47.0 Å². The number of nitrogens with one attached hydrogen (secondary N) is 2. The number of hydrogen-bond donors (Lipinski definition) is 2. The number of pyridine rings is 1. The third kappa shape index (κ3) is 5.91. The number of para-hydroxylation sites is 1. The van der Waals surface area contributed by atoms with Crippen molar-refractivity contribution in [2.75, 3.05) is 25.5 Å². The summed E-state index contributed by atoms with van der Waals surface area (Å²) in [6.45, 7) is 4.89. The molecular formula is C27H32N4O3. The predicted octanol–water partition coefficient (Wildman–Crippen LogP) is 4.45. The Hall–Kier alpha value is -3.45. The van der Waals surface area contributed by atoms with Gasteiger partial charge in [0, 0.05) is 43.2 Å². The van der Waals surface area contributed by atoms with Gasteiger partial charge in [0.25, 0.3) is 0 Å². The van der Waals surface area contributed by atoms with Crippen LogP contribution < -0.4 is 10.6 Å². The Morgan fingerprint density at radius 3 is 2.74 bits per heavy atom. The number of furan rings is 1. The monoisotopic (exact) mass is 460 g/mol. The lowest BCUT2D eigenvalue weighted by Crippen LogP contribution is -2.24.